The van der Waals surface area contributed by atoms with Crippen LogP contribution in [0.1, 0.15) is 16.7 Å². The zero-order valence-electron chi connectivity index (χ0n) is 13.7. The minimum absolute atomic E-state index is 0.0911. The van der Waals surface area contributed by atoms with E-state index in [1.165, 1.54) is 22.3 Å². The Hall–Kier alpha value is -3.07. The molecule has 122 valence electrons. The quantitative estimate of drug-likeness (QED) is 0.599. The van der Waals surface area contributed by atoms with Crippen molar-refractivity contribution in [3.05, 3.63) is 83.4 Å². The summed E-state index contributed by atoms with van der Waals surface area (Å²) in [5.74, 6) is 0.721. The number of benzene rings is 3. The van der Waals surface area contributed by atoms with Crippen molar-refractivity contribution >= 4 is 11.6 Å². The number of anilines is 1. The number of rotatable bonds is 2. The van der Waals surface area contributed by atoms with Gasteiger partial charge in [0.15, 0.2) is 6.10 Å². The second-order valence-electron chi connectivity index (χ2n) is 6.61. The van der Waals surface area contributed by atoms with Gasteiger partial charge in [-0.3, -0.25) is 4.79 Å². The number of carbonyl (C=O) groups excluding carboxylic acids is 1. The molecule has 1 aliphatic heterocycles. The third kappa shape index (κ3) is 2.40. The smallest absolute Gasteiger partial charge is 0.265 e. The second-order valence-corrected chi connectivity index (χ2v) is 6.61. The van der Waals surface area contributed by atoms with Crippen LogP contribution in [0.25, 0.3) is 11.1 Å². The first-order chi connectivity index (χ1) is 12.3. The Morgan fingerprint density at radius 2 is 1.64 bits per heavy atom. The van der Waals surface area contributed by atoms with Crippen LogP contribution in [-0.4, -0.2) is 12.0 Å². The highest BCUT2D eigenvalue weighted by Crippen LogP contribution is 2.37. The maximum atomic E-state index is 12.6. The van der Waals surface area contributed by atoms with Crippen molar-refractivity contribution in [2.45, 2.75) is 18.9 Å². The number of carbonyl (C=O) groups is 1. The van der Waals surface area contributed by atoms with Crippen LogP contribution in [0.5, 0.6) is 5.75 Å². The fourth-order valence-electron chi connectivity index (χ4n) is 3.77. The molecule has 0 saturated heterocycles. The van der Waals surface area contributed by atoms with E-state index in [0.717, 1.165) is 23.4 Å². The highest BCUT2D eigenvalue weighted by atomic mass is 16.5. The van der Waals surface area contributed by atoms with Gasteiger partial charge < -0.3 is 10.1 Å². The molecular formula is C22H17NO2. The van der Waals surface area contributed by atoms with Crippen LogP contribution in [0.3, 0.4) is 0 Å². The molecule has 1 unspecified atom stereocenters. The SMILES string of the molecule is O=C(Nc1ccc2c(c1)Cc1ccccc1-2)C1Cc2ccccc2O1. The molecule has 0 bridgehead atoms. The summed E-state index contributed by atoms with van der Waals surface area (Å²) in [7, 11) is 0. The third-order valence-electron chi connectivity index (χ3n) is 5.00. The van der Waals surface area contributed by atoms with Gasteiger partial charge in [-0.25, -0.2) is 0 Å². The molecule has 0 saturated carbocycles. The monoisotopic (exact) mass is 327 g/mol. The zero-order chi connectivity index (χ0) is 16.8. The topological polar surface area (TPSA) is 38.3 Å². The van der Waals surface area contributed by atoms with Gasteiger partial charge in [0.2, 0.25) is 0 Å². The molecule has 3 aromatic carbocycles. The van der Waals surface area contributed by atoms with Crippen LogP contribution in [0, 0.1) is 0 Å². The van der Waals surface area contributed by atoms with E-state index in [1.54, 1.807) is 0 Å². The van der Waals surface area contributed by atoms with E-state index in [9.17, 15) is 4.79 Å². The summed E-state index contributed by atoms with van der Waals surface area (Å²) in [6, 6.07) is 22.4. The Labute approximate surface area is 146 Å². The molecule has 1 atom stereocenters. The van der Waals surface area contributed by atoms with Gasteiger partial charge in [-0.15, -0.1) is 0 Å². The second kappa shape index (κ2) is 5.49. The molecular weight excluding hydrogens is 310 g/mol. The number of fused-ring (bicyclic) bond motifs is 4. The summed E-state index contributed by atoms with van der Waals surface area (Å²) >= 11 is 0. The number of hydrogen-bond donors (Lipinski definition) is 1. The van der Waals surface area contributed by atoms with Gasteiger partial charge in [-0.1, -0.05) is 48.5 Å². The number of amides is 1. The van der Waals surface area contributed by atoms with Crippen molar-refractivity contribution in [1.82, 2.24) is 0 Å². The van der Waals surface area contributed by atoms with Gasteiger partial charge in [0.25, 0.3) is 5.91 Å². The first kappa shape index (κ1) is 14.3. The molecule has 3 nitrogen and oxygen atoms in total. The fraction of sp³-hybridized carbons (Fsp3) is 0.136. The van der Waals surface area contributed by atoms with Crippen LogP contribution in [0.2, 0.25) is 0 Å². The van der Waals surface area contributed by atoms with Crippen LogP contribution in [-0.2, 0) is 17.6 Å². The van der Waals surface area contributed by atoms with Crippen LogP contribution in [0.4, 0.5) is 5.69 Å². The number of nitrogens with one attached hydrogen (secondary N) is 1. The van der Waals surface area contributed by atoms with Gasteiger partial charge in [-0.05, 0) is 52.4 Å². The maximum absolute atomic E-state index is 12.6. The predicted octanol–water partition coefficient (Wildman–Crippen LogP) is 4.20. The molecule has 1 N–H and O–H groups in total. The highest BCUT2D eigenvalue weighted by molar-refractivity contribution is 5.95. The molecule has 0 aromatic heterocycles. The standard InChI is InChI=1S/C22H17NO2/c24-22(21-13-15-6-2-4-8-20(15)25-21)23-17-9-10-19-16(12-17)11-14-5-1-3-7-18(14)19/h1-10,12,21H,11,13H2,(H,23,24). The predicted molar refractivity (Wildman–Crippen MR) is 97.9 cm³/mol. The number of para-hydroxylation sites is 1. The van der Waals surface area contributed by atoms with Crippen molar-refractivity contribution in [3.63, 3.8) is 0 Å². The first-order valence-electron chi connectivity index (χ1n) is 8.54. The molecule has 25 heavy (non-hydrogen) atoms. The van der Waals surface area contributed by atoms with E-state index in [4.69, 9.17) is 4.74 Å². The highest BCUT2D eigenvalue weighted by Gasteiger charge is 2.29. The molecule has 1 amide bonds. The van der Waals surface area contributed by atoms with Gasteiger partial charge in [0, 0.05) is 12.1 Å². The lowest BCUT2D eigenvalue weighted by Gasteiger charge is -2.12. The molecule has 1 aliphatic carbocycles. The lowest BCUT2D eigenvalue weighted by molar-refractivity contribution is -0.122. The third-order valence-corrected chi connectivity index (χ3v) is 5.00. The van der Waals surface area contributed by atoms with Crippen molar-refractivity contribution in [3.8, 4) is 16.9 Å². The Morgan fingerprint density at radius 1 is 0.880 bits per heavy atom. The van der Waals surface area contributed by atoms with E-state index in [1.807, 2.05) is 30.3 Å². The minimum atomic E-state index is -0.456. The average Bonchev–Trinajstić information content (AvgIpc) is 3.22. The summed E-state index contributed by atoms with van der Waals surface area (Å²) in [5, 5.41) is 3.01. The average molecular weight is 327 g/mol. The Balaban J connectivity index is 1.34. The Bertz CT molecular complexity index is 968. The summed E-state index contributed by atoms with van der Waals surface area (Å²) in [4.78, 5) is 12.6. The van der Waals surface area contributed by atoms with Gasteiger partial charge in [0.05, 0.1) is 0 Å². The number of hydrogen-bond acceptors (Lipinski definition) is 2. The van der Waals surface area contributed by atoms with Crippen LogP contribution >= 0.6 is 0 Å². The Kier molecular flexibility index (Phi) is 3.14. The van der Waals surface area contributed by atoms with E-state index in [-0.39, 0.29) is 5.91 Å². The lowest BCUT2D eigenvalue weighted by Crippen LogP contribution is -2.31. The van der Waals surface area contributed by atoms with Crippen molar-refractivity contribution in [2.24, 2.45) is 0 Å². The minimum Gasteiger partial charge on any atom is -0.480 e. The van der Waals surface area contributed by atoms with Crippen molar-refractivity contribution in [1.29, 1.82) is 0 Å². The van der Waals surface area contributed by atoms with Crippen molar-refractivity contribution < 1.29 is 9.53 Å². The van der Waals surface area contributed by atoms with Gasteiger partial charge in [-0.2, -0.15) is 0 Å². The molecule has 1 heterocycles. The summed E-state index contributed by atoms with van der Waals surface area (Å²) in [5.41, 5.74) is 7.08. The molecule has 5 rings (SSSR count). The number of ether oxygens (including phenoxy) is 1. The summed E-state index contributed by atoms with van der Waals surface area (Å²) in [6.07, 6.45) is 1.08. The largest absolute Gasteiger partial charge is 0.480 e. The fourth-order valence-corrected chi connectivity index (χ4v) is 3.77. The van der Waals surface area contributed by atoms with E-state index >= 15 is 0 Å². The zero-order valence-corrected chi connectivity index (χ0v) is 13.7. The normalized spacial score (nSPS) is 16.6. The van der Waals surface area contributed by atoms with E-state index < -0.39 is 6.10 Å². The first-order valence-corrected chi connectivity index (χ1v) is 8.54. The molecule has 3 heteroatoms. The maximum Gasteiger partial charge on any atom is 0.265 e. The van der Waals surface area contributed by atoms with Gasteiger partial charge >= 0.3 is 0 Å². The lowest BCUT2D eigenvalue weighted by atomic mass is 10.1. The van der Waals surface area contributed by atoms with E-state index in [0.29, 0.717) is 6.42 Å². The van der Waals surface area contributed by atoms with Crippen LogP contribution < -0.4 is 10.1 Å². The van der Waals surface area contributed by atoms with E-state index in [2.05, 4.69) is 41.7 Å². The summed E-state index contributed by atoms with van der Waals surface area (Å²) in [6.45, 7) is 0. The molecule has 0 spiro atoms. The molecule has 2 aliphatic rings. The summed E-state index contributed by atoms with van der Waals surface area (Å²) < 4.78 is 5.77. The van der Waals surface area contributed by atoms with Crippen LogP contribution in [0.15, 0.2) is 66.7 Å². The molecule has 0 radical (unpaired) electrons. The van der Waals surface area contributed by atoms with Gasteiger partial charge in [0.1, 0.15) is 5.75 Å². The molecule has 0 fully saturated rings. The van der Waals surface area contributed by atoms with Crippen molar-refractivity contribution in [2.75, 3.05) is 5.32 Å². The Morgan fingerprint density at radius 3 is 2.52 bits per heavy atom. The molecule has 3 aromatic rings.